The van der Waals surface area contributed by atoms with E-state index in [-0.39, 0.29) is 12.5 Å². The maximum absolute atomic E-state index is 11.9. The highest BCUT2D eigenvalue weighted by Gasteiger charge is 2.10. The summed E-state index contributed by atoms with van der Waals surface area (Å²) >= 11 is 1.67. The van der Waals surface area contributed by atoms with Crippen LogP contribution in [0.1, 0.15) is 15.2 Å². The fourth-order valence-corrected chi connectivity index (χ4v) is 3.21. The van der Waals surface area contributed by atoms with Crippen molar-refractivity contribution in [3.63, 3.8) is 0 Å². The van der Waals surface area contributed by atoms with Crippen LogP contribution in [0.3, 0.4) is 0 Å². The molecule has 0 saturated heterocycles. The lowest BCUT2D eigenvalue weighted by molar-refractivity contribution is -0.123. The number of ether oxygens (including phenoxy) is 1. The predicted octanol–water partition coefficient (Wildman–Crippen LogP) is 3.45. The Morgan fingerprint density at radius 2 is 2.00 bits per heavy atom. The topological polar surface area (TPSA) is 55.4 Å². The average molecular weight is 339 g/mol. The Labute approximate surface area is 144 Å². The van der Waals surface area contributed by atoms with Crippen LogP contribution in [0.2, 0.25) is 0 Å². The molecule has 24 heavy (non-hydrogen) atoms. The lowest BCUT2D eigenvalue weighted by Crippen LogP contribution is -2.30. The summed E-state index contributed by atoms with van der Waals surface area (Å²) < 4.78 is 5.55. The molecule has 0 bridgehead atoms. The highest BCUT2D eigenvalue weighted by atomic mass is 32.1. The first-order valence-electron chi connectivity index (χ1n) is 7.67. The van der Waals surface area contributed by atoms with E-state index in [1.807, 2.05) is 47.8 Å². The van der Waals surface area contributed by atoms with Crippen LogP contribution >= 0.6 is 11.3 Å². The van der Waals surface area contributed by atoms with E-state index in [4.69, 9.17) is 4.74 Å². The fourth-order valence-electron chi connectivity index (χ4n) is 2.50. The van der Waals surface area contributed by atoms with E-state index in [2.05, 4.69) is 5.32 Å². The molecule has 1 N–H and O–H groups in total. The number of rotatable bonds is 7. The molecule has 5 heteroatoms. The number of hydrogen-bond donors (Lipinski definition) is 1. The average Bonchev–Trinajstić information content (AvgIpc) is 3.12. The van der Waals surface area contributed by atoms with Gasteiger partial charge in [0, 0.05) is 11.4 Å². The smallest absolute Gasteiger partial charge is 0.257 e. The molecule has 122 valence electrons. The van der Waals surface area contributed by atoms with Crippen LogP contribution < -0.4 is 10.1 Å². The Balaban J connectivity index is 1.58. The standard InChI is InChI=1S/C19H17NO3S/c21-12-17-16-6-2-1-4-14(16)7-8-18(17)23-13-19(22)20-10-9-15-5-3-11-24-15/h1-8,11-12H,9-10,13H2,(H,20,22). The highest BCUT2D eigenvalue weighted by Crippen LogP contribution is 2.26. The molecule has 0 aliphatic carbocycles. The van der Waals surface area contributed by atoms with E-state index in [9.17, 15) is 9.59 Å². The van der Waals surface area contributed by atoms with Crippen LogP contribution in [0.15, 0.2) is 53.9 Å². The summed E-state index contributed by atoms with van der Waals surface area (Å²) in [6, 6.07) is 15.2. The zero-order valence-electron chi connectivity index (χ0n) is 13.0. The number of carbonyl (C=O) groups is 2. The number of hydrogen-bond acceptors (Lipinski definition) is 4. The summed E-state index contributed by atoms with van der Waals surface area (Å²) in [5.74, 6) is 0.230. The molecule has 1 amide bonds. The molecule has 0 atom stereocenters. The Morgan fingerprint density at radius 1 is 1.12 bits per heavy atom. The van der Waals surface area contributed by atoms with Crippen molar-refractivity contribution in [3.05, 3.63) is 64.4 Å². The van der Waals surface area contributed by atoms with Crippen molar-refractivity contribution in [1.29, 1.82) is 0 Å². The maximum Gasteiger partial charge on any atom is 0.257 e. The third-order valence-electron chi connectivity index (χ3n) is 3.68. The van der Waals surface area contributed by atoms with Gasteiger partial charge in [0.05, 0.1) is 5.56 Å². The van der Waals surface area contributed by atoms with Crippen molar-refractivity contribution in [2.45, 2.75) is 6.42 Å². The molecule has 1 heterocycles. The van der Waals surface area contributed by atoms with Crippen molar-refractivity contribution < 1.29 is 14.3 Å². The number of benzene rings is 2. The molecule has 3 rings (SSSR count). The molecule has 2 aromatic carbocycles. The minimum absolute atomic E-state index is 0.108. The normalized spacial score (nSPS) is 10.5. The van der Waals surface area contributed by atoms with Gasteiger partial charge in [0.15, 0.2) is 12.9 Å². The third kappa shape index (κ3) is 3.81. The molecular formula is C19H17NO3S. The van der Waals surface area contributed by atoms with Crippen molar-refractivity contribution in [2.75, 3.05) is 13.2 Å². The first kappa shape index (κ1) is 16.2. The minimum atomic E-state index is -0.198. The van der Waals surface area contributed by atoms with Crippen molar-refractivity contribution in [2.24, 2.45) is 0 Å². The van der Waals surface area contributed by atoms with Crippen LogP contribution in [0.5, 0.6) is 5.75 Å². The van der Waals surface area contributed by atoms with E-state index in [0.29, 0.717) is 17.9 Å². The number of thiophene rings is 1. The Kier molecular flexibility index (Phi) is 5.23. The van der Waals surface area contributed by atoms with Gasteiger partial charge in [0.25, 0.3) is 5.91 Å². The van der Waals surface area contributed by atoms with Crippen LogP contribution in [0, 0.1) is 0 Å². The molecule has 3 aromatic rings. The van der Waals surface area contributed by atoms with Gasteiger partial charge in [-0.3, -0.25) is 9.59 Å². The summed E-state index contributed by atoms with van der Waals surface area (Å²) in [5, 5.41) is 6.62. The number of amides is 1. The Morgan fingerprint density at radius 3 is 2.79 bits per heavy atom. The Hall–Kier alpha value is -2.66. The summed E-state index contributed by atoms with van der Waals surface area (Å²) in [4.78, 5) is 24.5. The Bertz CT molecular complexity index is 843. The van der Waals surface area contributed by atoms with Crippen LogP contribution in [-0.4, -0.2) is 25.3 Å². The molecule has 0 saturated carbocycles. The van der Waals surface area contributed by atoms with Gasteiger partial charge < -0.3 is 10.1 Å². The molecule has 0 aliphatic rings. The van der Waals surface area contributed by atoms with E-state index in [1.54, 1.807) is 17.4 Å². The largest absolute Gasteiger partial charge is 0.483 e. The number of aldehydes is 1. The monoisotopic (exact) mass is 339 g/mol. The second kappa shape index (κ2) is 7.75. The van der Waals surface area contributed by atoms with Gasteiger partial charge in [-0.2, -0.15) is 0 Å². The summed E-state index contributed by atoms with van der Waals surface area (Å²) in [6.07, 6.45) is 1.57. The molecule has 1 aromatic heterocycles. The SMILES string of the molecule is O=Cc1c(OCC(=O)NCCc2cccs2)ccc2ccccc12. The van der Waals surface area contributed by atoms with Crippen LogP contribution in [-0.2, 0) is 11.2 Å². The van der Waals surface area contributed by atoms with E-state index >= 15 is 0 Å². The van der Waals surface area contributed by atoms with Gasteiger partial charge in [0.2, 0.25) is 0 Å². The maximum atomic E-state index is 11.9. The molecule has 0 unspecified atom stereocenters. The van der Waals surface area contributed by atoms with Gasteiger partial charge in [-0.15, -0.1) is 11.3 Å². The van der Waals surface area contributed by atoms with Crippen LogP contribution in [0.4, 0.5) is 0 Å². The number of fused-ring (bicyclic) bond motifs is 1. The number of nitrogens with one attached hydrogen (secondary N) is 1. The summed E-state index contributed by atoms with van der Waals surface area (Å²) in [6.45, 7) is 0.463. The molecule has 0 radical (unpaired) electrons. The van der Waals surface area contributed by atoms with Gasteiger partial charge >= 0.3 is 0 Å². The predicted molar refractivity (Wildman–Crippen MR) is 95.9 cm³/mol. The number of carbonyl (C=O) groups excluding carboxylic acids is 2. The van der Waals surface area contributed by atoms with Gasteiger partial charge in [-0.1, -0.05) is 36.4 Å². The molecule has 4 nitrogen and oxygen atoms in total. The first-order valence-corrected chi connectivity index (χ1v) is 8.54. The third-order valence-corrected chi connectivity index (χ3v) is 4.62. The van der Waals surface area contributed by atoms with Gasteiger partial charge in [-0.05, 0) is 34.7 Å². The van der Waals surface area contributed by atoms with E-state index in [0.717, 1.165) is 23.5 Å². The fraction of sp³-hybridized carbons (Fsp3) is 0.158. The zero-order valence-corrected chi connectivity index (χ0v) is 13.8. The second-order valence-electron chi connectivity index (χ2n) is 5.28. The second-order valence-corrected chi connectivity index (χ2v) is 6.32. The summed E-state index contributed by atoms with van der Waals surface area (Å²) in [7, 11) is 0. The quantitative estimate of drug-likeness (QED) is 0.671. The lowest BCUT2D eigenvalue weighted by atomic mass is 10.0. The molecule has 0 fully saturated rings. The summed E-state index contributed by atoms with van der Waals surface area (Å²) in [5.41, 5.74) is 0.472. The van der Waals surface area contributed by atoms with Crippen molar-refractivity contribution in [3.8, 4) is 5.75 Å². The van der Waals surface area contributed by atoms with Crippen LogP contribution in [0.25, 0.3) is 10.8 Å². The molecule has 0 spiro atoms. The molecular weight excluding hydrogens is 322 g/mol. The lowest BCUT2D eigenvalue weighted by Gasteiger charge is -2.11. The zero-order chi connectivity index (χ0) is 16.8. The van der Waals surface area contributed by atoms with E-state index in [1.165, 1.54) is 4.88 Å². The highest BCUT2D eigenvalue weighted by molar-refractivity contribution is 7.09. The minimum Gasteiger partial charge on any atom is -0.483 e. The van der Waals surface area contributed by atoms with Crippen molar-refractivity contribution in [1.82, 2.24) is 5.32 Å². The first-order chi connectivity index (χ1) is 11.8. The van der Waals surface area contributed by atoms with Crippen molar-refractivity contribution >= 4 is 34.3 Å². The molecule has 0 aliphatic heterocycles. The van der Waals surface area contributed by atoms with Gasteiger partial charge in [-0.25, -0.2) is 0 Å². The van der Waals surface area contributed by atoms with Gasteiger partial charge in [0.1, 0.15) is 5.75 Å². The van der Waals surface area contributed by atoms with E-state index < -0.39 is 0 Å².